The van der Waals surface area contributed by atoms with E-state index in [0.29, 0.717) is 32.8 Å². The monoisotopic (exact) mass is 341 g/mol. The van der Waals surface area contributed by atoms with Crippen molar-refractivity contribution in [1.82, 2.24) is 14.3 Å². The van der Waals surface area contributed by atoms with Crippen molar-refractivity contribution in [2.45, 2.75) is 32.4 Å². The first-order valence-corrected chi connectivity index (χ1v) is 9.39. The maximum absolute atomic E-state index is 12.3. The summed E-state index contributed by atoms with van der Waals surface area (Å²) in [6.07, 6.45) is 0. The highest BCUT2D eigenvalue weighted by Crippen LogP contribution is 2.16. The van der Waals surface area contributed by atoms with Crippen molar-refractivity contribution in [3.8, 4) is 0 Å². The lowest BCUT2D eigenvalue weighted by molar-refractivity contribution is 0.0724. The zero-order chi connectivity index (χ0) is 16.9. The highest BCUT2D eigenvalue weighted by atomic mass is 32.2. The minimum absolute atomic E-state index is 0.138. The van der Waals surface area contributed by atoms with Gasteiger partial charge in [-0.1, -0.05) is 30.3 Å². The highest BCUT2D eigenvalue weighted by molar-refractivity contribution is 7.87. The van der Waals surface area contributed by atoms with Crippen molar-refractivity contribution in [3.63, 3.8) is 0 Å². The Kier molecular flexibility index (Phi) is 6.16. The van der Waals surface area contributed by atoms with Gasteiger partial charge >= 0.3 is 0 Å². The van der Waals surface area contributed by atoms with Crippen molar-refractivity contribution in [1.29, 1.82) is 0 Å². The average Bonchev–Trinajstić information content (AvgIpc) is 2.54. The van der Waals surface area contributed by atoms with Gasteiger partial charge in [0.2, 0.25) is 0 Å². The summed E-state index contributed by atoms with van der Waals surface area (Å²) < 4.78 is 34.0. The summed E-state index contributed by atoms with van der Waals surface area (Å²) in [6.45, 7) is 8.11. The molecule has 1 fully saturated rings. The Morgan fingerprint density at radius 1 is 1.22 bits per heavy atom. The van der Waals surface area contributed by atoms with Gasteiger partial charge in [-0.2, -0.15) is 12.7 Å². The van der Waals surface area contributed by atoms with Crippen LogP contribution in [-0.2, 0) is 14.9 Å². The van der Waals surface area contributed by atoms with Crippen molar-refractivity contribution >= 4 is 10.2 Å². The number of nitrogens with zero attached hydrogens (tertiary/aromatic N) is 1. The van der Waals surface area contributed by atoms with E-state index in [1.807, 2.05) is 32.0 Å². The molecule has 23 heavy (non-hydrogen) atoms. The fraction of sp³-hybridized carbons (Fsp3) is 0.625. The molecule has 2 N–H and O–H groups in total. The van der Waals surface area contributed by atoms with Crippen LogP contribution in [0.4, 0.5) is 0 Å². The molecule has 0 aromatic heterocycles. The Morgan fingerprint density at radius 3 is 2.43 bits per heavy atom. The minimum atomic E-state index is -3.45. The van der Waals surface area contributed by atoms with Crippen LogP contribution in [0.2, 0.25) is 0 Å². The van der Waals surface area contributed by atoms with Crippen molar-refractivity contribution in [2.24, 2.45) is 0 Å². The Balaban J connectivity index is 1.90. The number of hydrogen-bond donors (Lipinski definition) is 2. The largest absolute Gasteiger partial charge is 0.379 e. The number of ether oxygens (including phenoxy) is 1. The number of benzene rings is 1. The Bertz CT molecular complexity index is 584. The van der Waals surface area contributed by atoms with Gasteiger partial charge in [-0.05, 0) is 26.3 Å². The van der Waals surface area contributed by atoms with Crippen LogP contribution in [0.3, 0.4) is 0 Å². The van der Waals surface area contributed by atoms with Gasteiger partial charge in [0.15, 0.2) is 0 Å². The van der Waals surface area contributed by atoms with Crippen molar-refractivity contribution < 1.29 is 13.2 Å². The first-order valence-electron chi connectivity index (χ1n) is 7.95. The van der Waals surface area contributed by atoms with E-state index in [0.717, 1.165) is 0 Å². The van der Waals surface area contributed by atoms with Gasteiger partial charge < -0.3 is 10.1 Å². The van der Waals surface area contributed by atoms with Crippen LogP contribution in [0.5, 0.6) is 0 Å². The Hall–Kier alpha value is -0.990. The highest BCUT2D eigenvalue weighted by Gasteiger charge is 2.28. The van der Waals surface area contributed by atoms with E-state index in [1.165, 1.54) is 9.87 Å². The number of rotatable bonds is 7. The van der Waals surface area contributed by atoms with Gasteiger partial charge in [-0.25, -0.2) is 4.72 Å². The fourth-order valence-electron chi connectivity index (χ4n) is 2.61. The average molecular weight is 341 g/mol. The standard InChI is InChI=1S/C16H27N3O3S/c1-14(15-7-5-4-6-8-15)18-16(2,3)13-17-23(20,21)19-9-11-22-12-10-19/h4-8,14,17-18H,9-13H2,1-3H3/t14-/m1/s1. The topological polar surface area (TPSA) is 70.7 Å². The molecule has 2 rings (SSSR count). The fourth-order valence-corrected chi connectivity index (χ4v) is 3.97. The molecule has 1 aliphatic rings. The van der Waals surface area contributed by atoms with E-state index in [4.69, 9.17) is 4.74 Å². The van der Waals surface area contributed by atoms with E-state index >= 15 is 0 Å². The minimum Gasteiger partial charge on any atom is -0.379 e. The van der Waals surface area contributed by atoms with Gasteiger partial charge in [0.1, 0.15) is 0 Å². The lowest BCUT2D eigenvalue weighted by Crippen LogP contribution is -2.54. The third kappa shape index (κ3) is 5.54. The number of nitrogens with one attached hydrogen (secondary N) is 2. The summed E-state index contributed by atoms with van der Waals surface area (Å²) in [4.78, 5) is 0. The summed E-state index contributed by atoms with van der Waals surface area (Å²) >= 11 is 0. The maximum atomic E-state index is 12.3. The number of hydrogen-bond acceptors (Lipinski definition) is 4. The zero-order valence-electron chi connectivity index (χ0n) is 14.1. The molecule has 0 saturated carbocycles. The summed E-state index contributed by atoms with van der Waals surface area (Å²) in [5.74, 6) is 0. The maximum Gasteiger partial charge on any atom is 0.279 e. The second-order valence-corrected chi connectivity index (χ2v) is 8.25. The van der Waals surface area contributed by atoms with Crippen LogP contribution in [0.25, 0.3) is 0 Å². The van der Waals surface area contributed by atoms with E-state index in [1.54, 1.807) is 0 Å². The molecule has 1 saturated heterocycles. The van der Waals surface area contributed by atoms with Crippen molar-refractivity contribution in [3.05, 3.63) is 35.9 Å². The molecular weight excluding hydrogens is 314 g/mol. The van der Waals surface area contributed by atoms with Crippen LogP contribution in [0.1, 0.15) is 32.4 Å². The molecule has 0 unspecified atom stereocenters. The molecule has 0 bridgehead atoms. The summed E-state index contributed by atoms with van der Waals surface area (Å²) in [7, 11) is -3.45. The van der Waals surface area contributed by atoms with Gasteiger partial charge in [-0.15, -0.1) is 0 Å². The molecule has 130 valence electrons. The quantitative estimate of drug-likeness (QED) is 0.784. The molecule has 6 nitrogen and oxygen atoms in total. The van der Waals surface area contributed by atoms with Gasteiger partial charge in [-0.3, -0.25) is 0 Å². The van der Waals surface area contributed by atoms with Crippen LogP contribution >= 0.6 is 0 Å². The lowest BCUT2D eigenvalue weighted by atomic mass is 10.0. The molecule has 0 radical (unpaired) electrons. The lowest BCUT2D eigenvalue weighted by Gasteiger charge is -2.32. The van der Waals surface area contributed by atoms with Gasteiger partial charge in [0, 0.05) is 31.2 Å². The normalized spacial score (nSPS) is 18.7. The van der Waals surface area contributed by atoms with Crippen LogP contribution in [0.15, 0.2) is 30.3 Å². The Morgan fingerprint density at radius 2 is 1.83 bits per heavy atom. The molecule has 1 aromatic carbocycles. The first-order chi connectivity index (χ1) is 10.8. The van der Waals surface area contributed by atoms with E-state index in [-0.39, 0.29) is 11.6 Å². The van der Waals surface area contributed by atoms with E-state index < -0.39 is 10.2 Å². The van der Waals surface area contributed by atoms with Crippen LogP contribution in [-0.4, -0.2) is 51.1 Å². The van der Waals surface area contributed by atoms with E-state index in [2.05, 4.69) is 29.1 Å². The third-order valence-electron chi connectivity index (χ3n) is 3.91. The molecule has 1 atom stereocenters. The SMILES string of the molecule is C[C@@H](NC(C)(C)CNS(=O)(=O)N1CCOCC1)c1ccccc1. The second-order valence-electron chi connectivity index (χ2n) is 6.50. The third-order valence-corrected chi connectivity index (χ3v) is 5.47. The number of morpholine rings is 1. The Labute approximate surface area is 139 Å². The molecule has 1 aliphatic heterocycles. The molecule has 0 aliphatic carbocycles. The summed E-state index contributed by atoms with van der Waals surface area (Å²) in [6, 6.07) is 10.2. The smallest absolute Gasteiger partial charge is 0.279 e. The molecule has 7 heteroatoms. The van der Waals surface area contributed by atoms with Crippen molar-refractivity contribution in [2.75, 3.05) is 32.8 Å². The predicted molar refractivity (Wildman–Crippen MR) is 91.4 cm³/mol. The zero-order valence-corrected chi connectivity index (χ0v) is 14.9. The van der Waals surface area contributed by atoms with E-state index in [9.17, 15) is 8.42 Å². The summed E-state index contributed by atoms with van der Waals surface area (Å²) in [5, 5.41) is 3.48. The molecule has 0 amide bonds. The second kappa shape index (κ2) is 7.72. The molecule has 0 spiro atoms. The first kappa shape index (κ1) is 18.4. The van der Waals surface area contributed by atoms with Crippen LogP contribution < -0.4 is 10.0 Å². The predicted octanol–water partition coefficient (Wildman–Crippen LogP) is 1.28. The van der Waals surface area contributed by atoms with Crippen LogP contribution in [0, 0.1) is 0 Å². The molecular formula is C16H27N3O3S. The van der Waals surface area contributed by atoms with Gasteiger partial charge in [0.25, 0.3) is 10.2 Å². The van der Waals surface area contributed by atoms with Gasteiger partial charge in [0.05, 0.1) is 13.2 Å². The summed E-state index contributed by atoms with van der Waals surface area (Å²) in [5.41, 5.74) is 0.811. The molecule has 1 aromatic rings. The molecule has 1 heterocycles.